The van der Waals surface area contributed by atoms with Gasteiger partial charge in [0.15, 0.2) is 11.5 Å². The predicted octanol–water partition coefficient (Wildman–Crippen LogP) is 2.69. The van der Waals surface area contributed by atoms with Gasteiger partial charge in [-0.25, -0.2) is 4.39 Å². The lowest BCUT2D eigenvalue weighted by Gasteiger charge is -2.36. The van der Waals surface area contributed by atoms with Crippen molar-refractivity contribution in [1.29, 1.82) is 0 Å². The van der Waals surface area contributed by atoms with Gasteiger partial charge in [-0.3, -0.25) is 19.8 Å². The van der Waals surface area contributed by atoms with Crippen LogP contribution in [0.1, 0.15) is 16.8 Å². The number of nitrogens with one attached hydrogen (secondary N) is 1. The number of rotatable bonds is 9. The Labute approximate surface area is 185 Å². The number of para-hydroxylation sites is 1. The number of hydrogen-bond acceptors (Lipinski definition) is 7. The SMILES string of the molecule is COc1cc(C(=O)NCCCN2CCN(c3ccccc3F)CC2)c([N+](=O)[O-])cc1OC. The summed E-state index contributed by atoms with van der Waals surface area (Å²) in [5.41, 5.74) is 0.200. The van der Waals surface area contributed by atoms with Crippen LogP contribution >= 0.6 is 0 Å². The minimum Gasteiger partial charge on any atom is -0.493 e. The number of carbonyl (C=O) groups is 1. The van der Waals surface area contributed by atoms with Gasteiger partial charge in [-0.05, 0) is 25.1 Å². The van der Waals surface area contributed by atoms with E-state index in [0.717, 1.165) is 32.7 Å². The molecule has 0 bridgehead atoms. The minimum atomic E-state index is -0.619. The molecule has 2 aromatic rings. The van der Waals surface area contributed by atoms with Crippen LogP contribution < -0.4 is 19.7 Å². The standard InChI is InChI=1S/C22H27FN4O5/c1-31-20-14-16(19(27(29)30)15-21(20)32-2)22(28)24-8-5-9-25-10-12-26(13-11-25)18-7-4-3-6-17(18)23/h3-4,6-7,14-15H,5,8-13H2,1-2H3,(H,24,28). The summed E-state index contributed by atoms with van der Waals surface area (Å²) >= 11 is 0. The van der Waals surface area contributed by atoms with Gasteiger partial charge in [0.1, 0.15) is 11.4 Å². The van der Waals surface area contributed by atoms with Crippen molar-refractivity contribution < 1.29 is 23.6 Å². The average molecular weight is 446 g/mol. The van der Waals surface area contributed by atoms with Gasteiger partial charge in [-0.2, -0.15) is 0 Å². The second-order valence-corrected chi connectivity index (χ2v) is 7.37. The average Bonchev–Trinajstić information content (AvgIpc) is 2.81. The first-order valence-electron chi connectivity index (χ1n) is 10.3. The number of methoxy groups -OCH3 is 2. The van der Waals surface area contributed by atoms with Crippen LogP contribution in [0.25, 0.3) is 0 Å². The lowest BCUT2D eigenvalue weighted by atomic mass is 10.1. The first-order valence-corrected chi connectivity index (χ1v) is 10.3. The fourth-order valence-corrected chi connectivity index (χ4v) is 3.72. The molecule has 1 heterocycles. The molecule has 0 unspecified atom stereocenters. The number of carbonyl (C=O) groups excluding carboxylic acids is 1. The van der Waals surface area contributed by atoms with E-state index in [4.69, 9.17) is 9.47 Å². The molecule has 9 nitrogen and oxygen atoms in total. The normalized spacial score (nSPS) is 14.2. The molecule has 3 rings (SSSR count). The topological polar surface area (TPSA) is 97.2 Å². The molecule has 2 aromatic carbocycles. The van der Waals surface area contributed by atoms with Crippen LogP contribution in [-0.4, -0.2) is 69.2 Å². The molecular formula is C22H27FN4O5. The predicted molar refractivity (Wildman–Crippen MR) is 118 cm³/mol. The summed E-state index contributed by atoms with van der Waals surface area (Å²) in [5, 5.41) is 14.1. The van der Waals surface area contributed by atoms with Crippen LogP contribution in [0.5, 0.6) is 11.5 Å². The van der Waals surface area contributed by atoms with Crippen molar-refractivity contribution in [2.75, 3.05) is 58.4 Å². The van der Waals surface area contributed by atoms with E-state index < -0.39 is 10.8 Å². The number of amides is 1. The van der Waals surface area contributed by atoms with Crippen LogP contribution in [0.2, 0.25) is 0 Å². The van der Waals surface area contributed by atoms with E-state index in [1.807, 2.05) is 11.0 Å². The Balaban J connectivity index is 1.49. The summed E-state index contributed by atoms with van der Waals surface area (Å²) in [6.07, 6.45) is 0.687. The van der Waals surface area contributed by atoms with Crippen molar-refractivity contribution in [3.63, 3.8) is 0 Å². The van der Waals surface area contributed by atoms with Gasteiger partial charge in [0.25, 0.3) is 11.6 Å². The number of benzene rings is 2. The highest BCUT2D eigenvalue weighted by Crippen LogP contribution is 2.34. The number of nitrogens with zero attached hydrogens (tertiary/aromatic N) is 3. The Kier molecular flexibility index (Phi) is 7.82. The summed E-state index contributed by atoms with van der Waals surface area (Å²) in [6.45, 7) is 4.18. The highest BCUT2D eigenvalue weighted by molar-refractivity contribution is 5.99. The molecule has 32 heavy (non-hydrogen) atoms. The number of ether oxygens (including phenoxy) is 2. The molecular weight excluding hydrogens is 419 g/mol. The van der Waals surface area contributed by atoms with E-state index in [2.05, 4.69) is 10.2 Å². The van der Waals surface area contributed by atoms with Crippen LogP contribution in [0.3, 0.4) is 0 Å². The van der Waals surface area contributed by atoms with Crippen LogP contribution in [0.4, 0.5) is 15.8 Å². The van der Waals surface area contributed by atoms with E-state index in [-0.39, 0.29) is 28.6 Å². The van der Waals surface area contributed by atoms with Gasteiger partial charge >= 0.3 is 0 Å². The van der Waals surface area contributed by atoms with Crippen LogP contribution in [0, 0.1) is 15.9 Å². The Morgan fingerprint density at radius 3 is 2.41 bits per heavy atom. The molecule has 0 saturated carbocycles. The molecule has 1 amide bonds. The van der Waals surface area contributed by atoms with Gasteiger partial charge in [0, 0.05) is 38.8 Å². The van der Waals surface area contributed by atoms with Crippen molar-refractivity contribution in [2.24, 2.45) is 0 Å². The molecule has 0 aliphatic carbocycles. The molecule has 172 valence electrons. The van der Waals surface area contributed by atoms with Crippen LogP contribution in [-0.2, 0) is 0 Å². The minimum absolute atomic E-state index is 0.0776. The summed E-state index contributed by atoms with van der Waals surface area (Å²) in [6, 6.07) is 9.26. The van der Waals surface area contributed by atoms with Gasteiger partial charge in [-0.1, -0.05) is 12.1 Å². The lowest BCUT2D eigenvalue weighted by Crippen LogP contribution is -2.47. The quantitative estimate of drug-likeness (QED) is 0.359. The third kappa shape index (κ3) is 5.44. The maximum absolute atomic E-state index is 14.0. The van der Waals surface area contributed by atoms with Gasteiger partial charge in [0.05, 0.1) is 30.9 Å². The molecule has 0 aromatic heterocycles. The van der Waals surface area contributed by atoms with Crippen molar-refractivity contribution in [3.8, 4) is 11.5 Å². The number of nitro benzene ring substituents is 1. The summed E-state index contributed by atoms with van der Waals surface area (Å²) in [5.74, 6) is -0.323. The first kappa shape index (κ1) is 23.3. The zero-order valence-corrected chi connectivity index (χ0v) is 18.2. The van der Waals surface area contributed by atoms with Crippen molar-refractivity contribution in [3.05, 3.63) is 57.9 Å². The first-order chi connectivity index (χ1) is 15.4. The van der Waals surface area contributed by atoms with E-state index in [9.17, 15) is 19.3 Å². The summed E-state index contributed by atoms with van der Waals surface area (Å²) in [7, 11) is 2.77. The zero-order chi connectivity index (χ0) is 23.1. The number of hydrogen-bond donors (Lipinski definition) is 1. The van der Waals surface area contributed by atoms with Gasteiger partial charge < -0.3 is 19.7 Å². The Bertz CT molecular complexity index is 963. The second-order valence-electron chi connectivity index (χ2n) is 7.37. The smallest absolute Gasteiger partial charge is 0.286 e. The molecule has 0 spiro atoms. The second kappa shape index (κ2) is 10.8. The maximum atomic E-state index is 14.0. The van der Waals surface area contributed by atoms with E-state index >= 15 is 0 Å². The summed E-state index contributed by atoms with van der Waals surface area (Å²) < 4.78 is 24.2. The highest BCUT2D eigenvalue weighted by Gasteiger charge is 2.24. The number of piperazine rings is 1. The third-order valence-electron chi connectivity index (χ3n) is 5.45. The van der Waals surface area contributed by atoms with E-state index in [0.29, 0.717) is 18.7 Å². The molecule has 1 N–H and O–H groups in total. The van der Waals surface area contributed by atoms with Crippen molar-refractivity contribution in [1.82, 2.24) is 10.2 Å². The van der Waals surface area contributed by atoms with Crippen molar-refractivity contribution >= 4 is 17.3 Å². The Morgan fingerprint density at radius 2 is 1.78 bits per heavy atom. The van der Waals surface area contributed by atoms with Gasteiger partial charge in [-0.15, -0.1) is 0 Å². The molecule has 1 aliphatic heterocycles. The lowest BCUT2D eigenvalue weighted by molar-refractivity contribution is -0.385. The zero-order valence-electron chi connectivity index (χ0n) is 18.2. The monoisotopic (exact) mass is 446 g/mol. The highest BCUT2D eigenvalue weighted by atomic mass is 19.1. The number of nitro groups is 1. The molecule has 1 saturated heterocycles. The molecule has 0 radical (unpaired) electrons. The summed E-state index contributed by atoms with van der Waals surface area (Å²) in [4.78, 5) is 27.6. The Hall–Kier alpha value is -3.40. The molecule has 10 heteroatoms. The molecule has 1 fully saturated rings. The fourth-order valence-electron chi connectivity index (χ4n) is 3.72. The molecule has 0 atom stereocenters. The molecule has 1 aliphatic rings. The third-order valence-corrected chi connectivity index (χ3v) is 5.45. The van der Waals surface area contributed by atoms with Crippen LogP contribution in [0.15, 0.2) is 36.4 Å². The largest absolute Gasteiger partial charge is 0.493 e. The number of anilines is 1. The fraction of sp³-hybridized carbons (Fsp3) is 0.409. The Morgan fingerprint density at radius 1 is 1.12 bits per heavy atom. The maximum Gasteiger partial charge on any atom is 0.286 e. The van der Waals surface area contributed by atoms with E-state index in [1.54, 1.807) is 12.1 Å². The number of halogens is 1. The van der Waals surface area contributed by atoms with Crippen molar-refractivity contribution in [2.45, 2.75) is 6.42 Å². The van der Waals surface area contributed by atoms with E-state index in [1.165, 1.54) is 32.4 Å². The van der Waals surface area contributed by atoms with Gasteiger partial charge in [0.2, 0.25) is 0 Å².